The molecule has 6 heteroatoms. The predicted octanol–water partition coefficient (Wildman–Crippen LogP) is 5.12. The second kappa shape index (κ2) is 10.4. The number of halogens is 1. The molecular formula is C21H32ClN3OS. The summed E-state index contributed by atoms with van der Waals surface area (Å²) in [5, 5.41) is 4.55. The Hall–Kier alpha value is -1.20. The highest BCUT2D eigenvalue weighted by atomic mass is 35.5. The van der Waals surface area contributed by atoms with E-state index in [1.165, 1.54) is 37.7 Å². The van der Waals surface area contributed by atoms with Gasteiger partial charge in [-0.2, -0.15) is 0 Å². The standard InChI is InChI=1S/C21H31N3OS.ClH/c1-4-16-10-12-18(13-11-16)22-20(25)14-19-15(2)26-21(24(19)3)23-17-8-6-5-7-9-17;/h10-13,15,17,19H,4-9,14H2,1-3H3,(H,22,25);1H/b23-21-;. The molecule has 1 saturated carbocycles. The Morgan fingerprint density at radius 3 is 2.52 bits per heavy atom. The fourth-order valence-electron chi connectivity index (χ4n) is 3.80. The molecule has 0 spiro atoms. The number of thioether (sulfide) groups is 1. The maximum absolute atomic E-state index is 12.5. The van der Waals surface area contributed by atoms with E-state index in [1.54, 1.807) is 0 Å². The largest absolute Gasteiger partial charge is 0.350 e. The van der Waals surface area contributed by atoms with Gasteiger partial charge in [0.05, 0.1) is 12.1 Å². The van der Waals surface area contributed by atoms with Crippen molar-refractivity contribution in [3.8, 4) is 0 Å². The number of hydrogen-bond acceptors (Lipinski definition) is 3. The van der Waals surface area contributed by atoms with Gasteiger partial charge in [0.15, 0.2) is 5.17 Å². The van der Waals surface area contributed by atoms with Crippen molar-refractivity contribution in [2.75, 3.05) is 12.4 Å². The molecule has 1 heterocycles. The van der Waals surface area contributed by atoms with Crippen molar-refractivity contribution in [3.05, 3.63) is 29.8 Å². The smallest absolute Gasteiger partial charge is 0.226 e. The summed E-state index contributed by atoms with van der Waals surface area (Å²) in [5.41, 5.74) is 2.16. The predicted molar refractivity (Wildman–Crippen MR) is 119 cm³/mol. The molecule has 2 atom stereocenters. The Morgan fingerprint density at radius 1 is 1.22 bits per heavy atom. The van der Waals surface area contributed by atoms with Crippen LogP contribution in [0.5, 0.6) is 0 Å². The van der Waals surface area contributed by atoms with Gasteiger partial charge in [-0.25, -0.2) is 0 Å². The van der Waals surface area contributed by atoms with E-state index in [1.807, 2.05) is 23.9 Å². The van der Waals surface area contributed by atoms with Crippen molar-refractivity contribution in [1.82, 2.24) is 4.90 Å². The normalized spacial score (nSPS) is 24.7. The monoisotopic (exact) mass is 409 g/mol. The molecule has 3 rings (SSSR count). The molecule has 0 aromatic heterocycles. The van der Waals surface area contributed by atoms with Crippen molar-refractivity contribution in [3.63, 3.8) is 0 Å². The fraction of sp³-hybridized carbons (Fsp3) is 0.619. The second-order valence-corrected chi connectivity index (χ2v) is 8.85. The highest BCUT2D eigenvalue weighted by Gasteiger charge is 2.35. The number of benzene rings is 1. The fourth-order valence-corrected chi connectivity index (χ4v) is 5.08. The lowest BCUT2D eigenvalue weighted by Gasteiger charge is -2.24. The summed E-state index contributed by atoms with van der Waals surface area (Å²) in [6.07, 6.45) is 7.89. The zero-order valence-corrected chi connectivity index (χ0v) is 18.2. The van der Waals surface area contributed by atoms with Crippen LogP contribution < -0.4 is 5.32 Å². The van der Waals surface area contributed by atoms with Gasteiger partial charge in [-0.15, -0.1) is 12.4 Å². The number of nitrogens with zero attached hydrogens (tertiary/aromatic N) is 2. The minimum atomic E-state index is 0. The first kappa shape index (κ1) is 22.1. The number of nitrogens with one attached hydrogen (secondary N) is 1. The van der Waals surface area contributed by atoms with Crippen LogP contribution in [0.2, 0.25) is 0 Å². The van der Waals surface area contributed by atoms with Gasteiger partial charge in [0, 0.05) is 24.4 Å². The van der Waals surface area contributed by atoms with E-state index < -0.39 is 0 Å². The molecule has 1 aliphatic carbocycles. The van der Waals surface area contributed by atoms with Gasteiger partial charge in [-0.05, 0) is 37.0 Å². The van der Waals surface area contributed by atoms with Gasteiger partial charge in [0.1, 0.15) is 0 Å². The van der Waals surface area contributed by atoms with Gasteiger partial charge in [-0.1, -0.05) is 57.0 Å². The average molecular weight is 410 g/mol. The molecule has 150 valence electrons. The van der Waals surface area contributed by atoms with Crippen LogP contribution in [-0.2, 0) is 11.2 Å². The second-order valence-electron chi connectivity index (χ2n) is 7.51. The molecule has 1 saturated heterocycles. The van der Waals surface area contributed by atoms with E-state index in [4.69, 9.17) is 4.99 Å². The van der Waals surface area contributed by atoms with Gasteiger partial charge in [0.25, 0.3) is 0 Å². The van der Waals surface area contributed by atoms with Gasteiger partial charge in [-0.3, -0.25) is 9.79 Å². The van der Waals surface area contributed by atoms with Crippen LogP contribution in [0, 0.1) is 0 Å². The molecule has 0 bridgehead atoms. The van der Waals surface area contributed by atoms with Crippen molar-refractivity contribution < 1.29 is 4.79 Å². The summed E-state index contributed by atoms with van der Waals surface area (Å²) in [6, 6.07) is 8.81. The Balaban J connectivity index is 0.00000261. The molecule has 4 nitrogen and oxygen atoms in total. The van der Waals surface area contributed by atoms with E-state index in [-0.39, 0.29) is 24.4 Å². The molecule has 1 aromatic carbocycles. The maximum atomic E-state index is 12.5. The zero-order chi connectivity index (χ0) is 18.5. The minimum Gasteiger partial charge on any atom is -0.350 e. The molecular weight excluding hydrogens is 378 g/mol. The summed E-state index contributed by atoms with van der Waals surface area (Å²) in [4.78, 5) is 19.8. The van der Waals surface area contributed by atoms with E-state index >= 15 is 0 Å². The van der Waals surface area contributed by atoms with E-state index in [0.717, 1.165) is 17.3 Å². The summed E-state index contributed by atoms with van der Waals surface area (Å²) >= 11 is 1.82. The number of hydrogen-bond donors (Lipinski definition) is 1. The summed E-state index contributed by atoms with van der Waals surface area (Å²) in [6.45, 7) is 4.34. The molecule has 1 amide bonds. The van der Waals surface area contributed by atoms with Gasteiger partial charge >= 0.3 is 0 Å². The summed E-state index contributed by atoms with van der Waals surface area (Å²) in [5.74, 6) is 0.0810. The van der Waals surface area contributed by atoms with E-state index in [9.17, 15) is 4.79 Å². The number of rotatable bonds is 5. The van der Waals surface area contributed by atoms with Gasteiger partial charge < -0.3 is 10.2 Å². The SMILES string of the molecule is CCc1ccc(NC(=O)CC2C(C)S/C(=N\C3CCCCC3)N2C)cc1.Cl. The highest BCUT2D eigenvalue weighted by molar-refractivity contribution is 8.14. The number of carbonyl (C=O) groups is 1. The Bertz CT molecular complexity index is 643. The molecule has 2 fully saturated rings. The van der Waals surface area contributed by atoms with Crippen LogP contribution in [-0.4, -0.2) is 40.4 Å². The number of anilines is 1. The lowest BCUT2D eigenvalue weighted by molar-refractivity contribution is -0.117. The number of aryl methyl sites for hydroxylation is 1. The van der Waals surface area contributed by atoms with Crippen LogP contribution in [0.25, 0.3) is 0 Å². The average Bonchev–Trinajstić information content (AvgIpc) is 2.90. The first-order valence-corrected chi connectivity index (χ1v) is 10.8. The van der Waals surface area contributed by atoms with E-state index in [2.05, 4.69) is 43.2 Å². The molecule has 1 N–H and O–H groups in total. The van der Waals surface area contributed by atoms with Crippen molar-refractivity contribution >= 4 is 40.9 Å². The maximum Gasteiger partial charge on any atom is 0.226 e. The molecule has 27 heavy (non-hydrogen) atoms. The quantitative estimate of drug-likeness (QED) is 0.733. The Labute approximate surface area is 174 Å². The number of aliphatic imine (C=N–C) groups is 1. The van der Waals surface area contributed by atoms with Crippen LogP contribution in [0.3, 0.4) is 0 Å². The van der Waals surface area contributed by atoms with Crippen molar-refractivity contribution in [1.29, 1.82) is 0 Å². The summed E-state index contributed by atoms with van der Waals surface area (Å²) in [7, 11) is 2.09. The van der Waals surface area contributed by atoms with Crippen LogP contribution in [0.1, 0.15) is 57.9 Å². The number of amidine groups is 1. The number of carbonyl (C=O) groups excluding carboxylic acids is 1. The Kier molecular flexibility index (Phi) is 8.49. The van der Waals surface area contributed by atoms with Crippen LogP contribution in [0.15, 0.2) is 29.3 Å². The first-order valence-electron chi connectivity index (χ1n) is 9.93. The molecule has 2 unspecified atom stereocenters. The lowest BCUT2D eigenvalue weighted by Crippen LogP contribution is -2.36. The third-order valence-electron chi connectivity index (χ3n) is 5.54. The highest BCUT2D eigenvalue weighted by Crippen LogP contribution is 2.34. The minimum absolute atomic E-state index is 0. The third kappa shape index (κ3) is 5.89. The molecule has 1 aromatic rings. The van der Waals surface area contributed by atoms with Crippen LogP contribution >= 0.6 is 24.2 Å². The van der Waals surface area contributed by atoms with E-state index in [0.29, 0.717) is 17.7 Å². The first-order chi connectivity index (χ1) is 12.6. The summed E-state index contributed by atoms with van der Waals surface area (Å²) < 4.78 is 0. The Morgan fingerprint density at radius 2 is 1.89 bits per heavy atom. The molecule has 0 radical (unpaired) electrons. The molecule has 1 aliphatic heterocycles. The lowest BCUT2D eigenvalue weighted by atomic mass is 9.96. The van der Waals surface area contributed by atoms with Crippen molar-refractivity contribution in [2.24, 2.45) is 4.99 Å². The van der Waals surface area contributed by atoms with Crippen LogP contribution in [0.4, 0.5) is 5.69 Å². The topological polar surface area (TPSA) is 44.7 Å². The van der Waals surface area contributed by atoms with Gasteiger partial charge in [0.2, 0.25) is 5.91 Å². The third-order valence-corrected chi connectivity index (χ3v) is 6.83. The van der Waals surface area contributed by atoms with Crippen molar-refractivity contribution in [2.45, 2.75) is 76.1 Å². The molecule has 2 aliphatic rings. The number of amides is 1. The zero-order valence-electron chi connectivity index (χ0n) is 16.6.